The second kappa shape index (κ2) is 12.8. The number of rotatable bonds is 9. The van der Waals surface area contributed by atoms with Crippen molar-refractivity contribution >= 4 is 21.8 Å². The number of pyridine rings is 2. The minimum Gasteiger partial charge on any atom is -0.457 e. The fourth-order valence-electron chi connectivity index (χ4n) is 5.55. The summed E-state index contributed by atoms with van der Waals surface area (Å²) >= 11 is 0. The number of hydrogen-bond donors (Lipinski definition) is 0. The average molecular weight is 644 g/mol. The third-order valence-electron chi connectivity index (χ3n) is 7.96. The molecule has 8 rings (SSSR count). The Kier molecular flexibility index (Phi) is 7.75. The first-order chi connectivity index (χ1) is 24.1. The van der Waals surface area contributed by atoms with Crippen molar-refractivity contribution in [1.29, 1.82) is 0 Å². The van der Waals surface area contributed by atoms with Gasteiger partial charge in [-0.1, -0.05) is 24.3 Å². The third kappa shape index (κ3) is 6.20. The van der Waals surface area contributed by atoms with Crippen LogP contribution in [0.2, 0.25) is 0 Å². The molecule has 49 heavy (non-hydrogen) atoms. The second-order valence-corrected chi connectivity index (χ2v) is 11.3. The summed E-state index contributed by atoms with van der Waals surface area (Å²) in [6.45, 7) is 3.99. The van der Waals surface area contributed by atoms with Gasteiger partial charge in [0.05, 0.1) is 11.0 Å². The van der Waals surface area contributed by atoms with Gasteiger partial charge in [-0.05, 0) is 79.6 Å². The monoisotopic (exact) mass is 643 g/mol. The molecule has 0 saturated carbocycles. The van der Waals surface area contributed by atoms with Gasteiger partial charge in [0.1, 0.15) is 34.5 Å². The van der Waals surface area contributed by atoms with Gasteiger partial charge in [0, 0.05) is 72.0 Å². The quantitative estimate of drug-likeness (QED) is 0.153. The molecule has 9 heteroatoms. The van der Waals surface area contributed by atoms with E-state index < -0.39 is 0 Å². The Hall–Kier alpha value is -6.74. The van der Waals surface area contributed by atoms with E-state index in [1.807, 2.05) is 115 Å². The molecule has 0 atom stereocenters. The number of fused-ring (bicyclic) bond motifs is 3. The summed E-state index contributed by atoms with van der Waals surface area (Å²) in [5, 5.41) is 2.04. The van der Waals surface area contributed by atoms with Crippen molar-refractivity contribution in [3.05, 3.63) is 151 Å². The van der Waals surface area contributed by atoms with Crippen LogP contribution in [0.3, 0.4) is 0 Å². The van der Waals surface area contributed by atoms with Gasteiger partial charge in [0.15, 0.2) is 0 Å². The maximum absolute atomic E-state index is 6.46. The molecule has 0 amide bonds. The lowest BCUT2D eigenvalue weighted by Gasteiger charge is -2.12. The van der Waals surface area contributed by atoms with Crippen LogP contribution < -0.4 is 18.9 Å². The highest BCUT2D eigenvalue weighted by Crippen LogP contribution is 2.39. The molecule has 0 bridgehead atoms. The molecular formula is C40H29N5O4. The SMILES string of the molecule is Cc1ccc(Oc2ccccn2)cc1Oc1ccc2c3ccc(Oc4cc(Oc5ccccn5)ccc4C)cc3n(-c3ncccn3)c2c1. The van der Waals surface area contributed by atoms with Crippen LogP contribution in [0.4, 0.5) is 0 Å². The Labute approximate surface area is 282 Å². The largest absolute Gasteiger partial charge is 0.457 e. The molecule has 8 aromatic rings. The first-order valence-corrected chi connectivity index (χ1v) is 15.7. The van der Waals surface area contributed by atoms with Crippen molar-refractivity contribution in [2.75, 3.05) is 0 Å². The first kappa shape index (κ1) is 29.6. The number of aryl methyl sites for hydroxylation is 2. The molecule has 0 aliphatic rings. The lowest BCUT2D eigenvalue weighted by molar-refractivity contribution is 0.447. The molecular weight excluding hydrogens is 614 g/mol. The number of hydrogen-bond acceptors (Lipinski definition) is 8. The average Bonchev–Trinajstić information content (AvgIpc) is 3.45. The molecule has 4 aromatic carbocycles. The van der Waals surface area contributed by atoms with E-state index in [0.29, 0.717) is 52.2 Å². The normalized spacial score (nSPS) is 11.1. The number of nitrogens with zero attached hydrogens (tertiary/aromatic N) is 5. The standard InChI is InChI=1S/C40H29N5O4/c1-26-10-12-30(48-38-8-3-5-18-41-38)24-36(26)46-28-14-16-32-33-17-15-29(23-35(33)45(34(32)22-28)40-43-20-7-21-44-40)47-37-25-31(13-11-27(37)2)49-39-9-4-6-19-42-39/h3-25H,1-2H3. The van der Waals surface area contributed by atoms with Crippen molar-refractivity contribution < 1.29 is 18.9 Å². The summed E-state index contributed by atoms with van der Waals surface area (Å²) in [6, 6.07) is 36.4. The maximum Gasteiger partial charge on any atom is 0.234 e. The van der Waals surface area contributed by atoms with E-state index in [-0.39, 0.29) is 0 Å². The Morgan fingerprint density at radius 2 is 0.878 bits per heavy atom. The molecule has 0 unspecified atom stereocenters. The van der Waals surface area contributed by atoms with Gasteiger partial charge < -0.3 is 18.9 Å². The van der Waals surface area contributed by atoms with Crippen LogP contribution in [0.25, 0.3) is 27.8 Å². The summed E-state index contributed by atoms with van der Waals surface area (Å²) in [5.41, 5.74) is 3.70. The molecule has 4 heterocycles. The van der Waals surface area contributed by atoms with E-state index in [4.69, 9.17) is 18.9 Å². The topological polar surface area (TPSA) is 93.4 Å². The highest BCUT2D eigenvalue weighted by Gasteiger charge is 2.17. The summed E-state index contributed by atoms with van der Waals surface area (Å²) in [5.74, 6) is 5.46. The number of aromatic nitrogens is 5. The Balaban J connectivity index is 1.16. The van der Waals surface area contributed by atoms with Crippen LogP contribution in [0.1, 0.15) is 11.1 Å². The molecule has 0 aliphatic carbocycles. The molecule has 0 N–H and O–H groups in total. The zero-order valence-corrected chi connectivity index (χ0v) is 26.6. The summed E-state index contributed by atoms with van der Waals surface area (Å²) < 4.78 is 26.9. The second-order valence-electron chi connectivity index (χ2n) is 11.3. The van der Waals surface area contributed by atoms with Crippen molar-refractivity contribution in [2.24, 2.45) is 0 Å². The minimum absolute atomic E-state index is 0.509. The van der Waals surface area contributed by atoms with Crippen molar-refractivity contribution in [2.45, 2.75) is 13.8 Å². The van der Waals surface area contributed by atoms with Crippen molar-refractivity contribution in [3.8, 4) is 52.2 Å². The molecule has 238 valence electrons. The molecule has 0 fully saturated rings. The van der Waals surface area contributed by atoms with E-state index in [9.17, 15) is 0 Å². The van der Waals surface area contributed by atoms with Gasteiger partial charge in [-0.3, -0.25) is 4.57 Å². The van der Waals surface area contributed by atoms with Crippen LogP contribution in [-0.2, 0) is 0 Å². The number of benzene rings is 4. The summed E-state index contributed by atoms with van der Waals surface area (Å²) in [4.78, 5) is 17.7. The van der Waals surface area contributed by atoms with E-state index in [0.717, 1.165) is 32.9 Å². The van der Waals surface area contributed by atoms with Gasteiger partial charge in [-0.15, -0.1) is 0 Å². The molecule has 0 aliphatic heterocycles. The predicted molar refractivity (Wildman–Crippen MR) is 187 cm³/mol. The molecule has 4 aromatic heterocycles. The van der Waals surface area contributed by atoms with Gasteiger partial charge in [-0.2, -0.15) is 0 Å². The molecule has 0 spiro atoms. The third-order valence-corrected chi connectivity index (χ3v) is 7.96. The first-order valence-electron chi connectivity index (χ1n) is 15.7. The Bertz CT molecular complexity index is 2270. The van der Waals surface area contributed by atoms with E-state index in [1.54, 1.807) is 30.9 Å². The zero-order chi connectivity index (χ0) is 33.2. The van der Waals surface area contributed by atoms with Gasteiger partial charge >= 0.3 is 0 Å². The van der Waals surface area contributed by atoms with E-state index >= 15 is 0 Å². The van der Waals surface area contributed by atoms with Crippen molar-refractivity contribution in [3.63, 3.8) is 0 Å². The predicted octanol–water partition coefficient (Wildman–Crippen LogP) is 10.1. The molecule has 0 radical (unpaired) electrons. The Morgan fingerprint density at radius 3 is 1.35 bits per heavy atom. The van der Waals surface area contributed by atoms with Crippen LogP contribution >= 0.6 is 0 Å². The summed E-state index contributed by atoms with van der Waals surface area (Å²) in [6.07, 6.45) is 6.85. The fraction of sp³-hybridized carbons (Fsp3) is 0.0500. The van der Waals surface area contributed by atoms with Crippen LogP contribution in [0, 0.1) is 13.8 Å². The lowest BCUT2D eigenvalue weighted by atomic mass is 10.1. The Morgan fingerprint density at radius 1 is 0.429 bits per heavy atom. The van der Waals surface area contributed by atoms with E-state index in [2.05, 4.69) is 32.1 Å². The molecule has 9 nitrogen and oxygen atoms in total. The minimum atomic E-state index is 0.509. The highest BCUT2D eigenvalue weighted by molar-refractivity contribution is 6.09. The summed E-state index contributed by atoms with van der Waals surface area (Å²) in [7, 11) is 0. The zero-order valence-electron chi connectivity index (χ0n) is 26.6. The van der Waals surface area contributed by atoms with Crippen LogP contribution in [-0.4, -0.2) is 24.5 Å². The number of ether oxygens (including phenoxy) is 4. The van der Waals surface area contributed by atoms with Gasteiger partial charge in [0.2, 0.25) is 17.7 Å². The van der Waals surface area contributed by atoms with E-state index in [1.165, 1.54) is 0 Å². The maximum atomic E-state index is 6.46. The van der Waals surface area contributed by atoms with Crippen LogP contribution in [0.5, 0.6) is 46.3 Å². The smallest absolute Gasteiger partial charge is 0.234 e. The van der Waals surface area contributed by atoms with Crippen LogP contribution in [0.15, 0.2) is 140 Å². The molecule has 0 saturated heterocycles. The lowest BCUT2D eigenvalue weighted by Crippen LogP contribution is -2.00. The van der Waals surface area contributed by atoms with Gasteiger partial charge in [-0.25, -0.2) is 19.9 Å². The van der Waals surface area contributed by atoms with Crippen molar-refractivity contribution in [1.82, 2.24) is 24.5 Å². The fourth-order valence-corrected chi connectivity index (χ4v) is 5.55. The highest BCUT2D eigenvalue weighted by atomic mass is 16.5. The van der Waals surface area contributed by atoms with Gasteiger partial charge in [0.25, 0.3) is 0 Å².